The summed E-state index contributed by atoms with van der Waals surface area (Å²) in [6, 6.07) is -0.0763. The van der Waals surface area contributed by atoms with Gasteiger partial charge in [-0.1, -0.05) is 11.8 Å². The zero-order valence-electron chi connectivity index (χ0n) is 11.9. The van der Waals surface area contributed by atoms with Gasteiger partial charge in [0.15, 0.2) is 5.16 Å². The maximum absolute atomic E-state index is 11.9. The summed E-state index contributed by atoms with van der Waals surface area (Å²) < 4.78 is 1.79. The molecule has 108 valence electrons. The van der Waals surface area contributed by atoms with E-state index in [4.69, 9.17) is 0 Å². The fourth-order valence-electron chi connectivity index (χ4n) is 1.83. The molecule has 0 radical (unpaired) electrons. The van der Waals surface area contributed by atoms with E-state index in [0.717, 1.165) is 20.7 Å². The van der Waals surface area contributed by atoms with Gasteiger partial charge >= 0.3 is 0 Å². The largest absolute Gasteiger partial charge is 0.347 e. The molecular weight excluding hydrogens is 294 g/mol. The van der Waals surface area contributed by atoms with Gasteiger partial charge in [-0.2, -0.15) is 0 Å². The van der Waals surface area contributed by atoms with E-state index in [1.165, 1.54) is 11.8 Å². The number of carbonyl (C=O) groups is 1. The van der Waals surface area contributed by atoms with Crippen LogP contribution in [0.5, 0.6) is 0 Å². The highest BCUT2D eigenvalue weighted by molar-refractivity contribution is 7.99. The van der Waals surface area contributed by atoms with E-state index in [0.29, 0.717) is 5.75 Å². The molecular formula is C12H17N5OS2. The van der Waals surface area contributed by atoms with Crippen LogP contribution >= 0.6 is 23.1 Å². The van der Waals surface area contributed by atoms with Crippen molar-refractivity contribution in [3.05, 3.63) is 21.9 Å². The molecule has 6 nitrogen and oxygen atoms in total. The zero-order valence-corrected chi connectivity index (χ0v) is 13.5. The molecule has 0 aliphatic rings. The number of aryl methyl sites for hydroxylation is 3. The van der Waals surface area contributed by atoms with E-state index in [2.05, 4.69) is 20.5 Å². The van der Waals surface area contributed by atoms with Crippen molar-refractivity contribution in [1.29, 1.82) is 0 Å². The number of amides is 1. The van der Waals surface area contributed by atoms with Gasteiger partial charge in [-0.25, -0.2) is 4.98 Å². The number of carbonyl (C=O) groups excluding carboxylic acids is 1. The van der Waals surface area contributed by atoms with E-state index in [9.17, 15) is 4.79 Å². The Balaban J connectivity index is 1.88. The molecule has 1 unspecified atom stereocenters. The minimum atomic E-state index is -0.0763. The SMILES string of the molecule is Cc1nc(C(C)NC(=O)CSc2nncn2C)c(C)s1. The molecule has 1 N–H and O–H groups in total. The number of thiazole rings is 1. The van der Waals surface area contributed by atoms with Gasteiger partial charge in [0.25, 0.3) is 0 Å². The minimum Gasteiger partial charge on any atom is -0.347 e. The molecule has 20 heavy (non-hydrogen) atoms. The molecule has 0 aromatic carbocycles. The lowest BCUT2D eigenvalue weighted by atomic mass is 10.2. The van der Waals surface area contributed by atoms with Gasteiger partial charge in [-0.05, 0) is 20.8 Å². The first-order chi connectivity index (χ1) is 9.47. The smallest absolute Gasteiger partial charge is 0.231 e. The van der Waals surface area contributed by atoms with Crippen molar-refractivity contribution in [2.45, 2.75) is 32.0 Å². The first-order valence-corrected chi connectivity index (χ1v) is 7.97. The van der Waals surface area contributed by atoms with Crippen molar-refractivity contribution >= 4 is 29.0 Å². The van der Waals surface area contributed by atoms with Crippen molar-refractivity contribution in [2.75, 3.05) is 5.75 Å². The summed E-state index contributed by atoms with van der Waals surface area (Å²) in [6.45, 7) is 5.95. The Morgan fingerprint density at radius 2 is 2.30 bits per heavy atom. The summed E-state index contributed by atoms with van der Waals surface area (Å²) in [5.74, 6) is 0.287. The molecule has 2 rings (SSSR count). The molecule has 2 aromatic rings. The van der Waals surface area contributed by atoms with Crippen molar-refractivity contribution in [3.8, 4) is 0 Å². The Labute approximate surface area is 126 Å². The quantitative estimate of drug-likeness (QED) is 0.853. The number of nitrogens with one attached hydrogen (secondary N) is 1. The summed E-state index contributed by atoms with van der Waals surface area (Å²) in [5.41, 5.74) is 0.949. The van der Waals surface area contributed by atoms with Gasteiger partial charge in [-0.3, -0.25) is 4.79 Å². The summed E-state index contributed by atoms with van der Waals surface area (Å²) in [5, 5.41) is 12.4. The van der Waals surface area contributed by atoms with Gasteiger partial charge in [0.1, 0.15) is 6.33 Å². The third kappa shape index (κ3) is 3.57. The molecule has 1 amide bonds. The Bertz CT molecular complexity index is 607. The Morgan fingerprint density at radius 1 is 1.55 bits per heavy atom. The predicted octanol–water partition coefficient (Wildman–Crippen LogP) is 1.86. The molecule has 0 saturated carbocycles. The average Bonchev–Trinajstić information content (AvgIpc) is 2.92. The lowest BCUT2D eigenvalue weighted by molar-refractivity contribution is -0.119. The van der Waals surface area contributed by atoms with E-state index >= 15 is 0 Å². The van der Waals surface area contributed by atoms with Crippen molar-refractivity contribution in [3.63, 3.8) is 0 Å². The fraction of sp³-hybridized carbons (Fsp3) is 0.500. The number of aromatic nitrogens is 4. The maximum Gasteiger partial charge on any atom is 0.231 e. The average molecular weight is 311 g/mol. The lowest BCUT2D eigenvalue weighted by Gasteiger charge is -2.12. The Morgan fingerprint density at radius 3 is 2.85 bits per heavy atom. The van der Waals surface area contributed by atoms with Crippen LogP contribution in [-0.4, -0.2) is 31.4 Å². The third-order valence-corrected chi connectivity index (χ3v) is 4.67. The molecule has 0 saturated heterocycles. The number of nitrogens with zero attached hydrogens (tertiary/aromatic N) is 4. The van der Waals surface area contributed by atoms with Crippen LogP contribution in [0.15, 0.2) is 11.5 Å². The molecule has 0 aliphatic heterocycles. The second-order valence-electron chi connectivity index (χ2n) is 4.48. The molecule has 0 aliphatic carbocycles. The highest BCUT2D eigenvalue weighted by Gasteiger charge is 2.16. The third-order valence-electron chi connectivity index (χ3n) is 2.73. The number of hydrogen-bond donors (Lipinski definition) is 1. The highest BCUT2D eigenvalue weighted by atomic mass is 32.2. The number of rotatable bonds is 5. The summed E-state index contributed by atoms with van der Waals surface area (Å²) in [7, 11) is 1.85. The van der Waals surface area contributed by atoms with Gasteiger partial charge in [0.05, 0.1) is 22.5 Å². The molecule has 0 fully saturated rings. The minimum absolute atomic E-state index is 0.0319. The van der Waals surface area contributed by atoms with Crippen LogP contribution in [0.1, 0.15) is 28.5 Å². The Hall–Kier alpha value is -1.41. The first-order valence-electron chi connectivity index (χ1n) is 6.17. The van der Waals surface area contributed by atoms with Gasteiger partial charge in [0.2, 0.25) is 5.91 Å². The first kappa shape index (κ1) is 15.0. The number of thioether (sulfide) groups is 1. The summed E-state index contributed by atoms with van der Waals surface area (Å²) in [6.07, 6.45) is 1.62. The summed E-state index contributed by atoms with van der Waals surface area (Å²) in [4.78, 5) is 17.5. The normalized spacial score (nSPS) is 12.4. The standard InChI is InChI=1S/C12H17N5OS2/c1-7(11-8(2)20-9(3)15-11)14-10(18)5-19-12-16-13-6-17(12)4/h6-7H,5H2,1-4H3,(H,14,18). The van der Waals surface area contributed by atoms with Crippen LogP contribution in [0.3, 0.4) is 0 Å². The molecule has 1 atom stereocenters. The second kappa shape index (κ2) is 6.36. The fourth-order valence-corrected chi connectivity index (χ4v) is 3.44. The molecule has 0 bridgehead atoms. The van der Waals surface area contributed by atoms with Crippen LogP contribution < -0.4 is 5.32 Å². The molecule has 0 spiro atoms. The monoisotopic (exact) mass is 311 g/mol. The predicted molar refractivity (Wildman–Crippen MR) is 79.9 cm³/mol. The van der Waals surface area contributed by atoms with Crippen molar-refractivity contribution in [1.82, 2.24) is 25.1 Å². The van der Waals surface area contributed by atoms with Crippen molar-refractivity contribution < 1.29 is 4.79 Å². The van der Waals surface area contributed by atoms with Crippen LogP contribution in [0.25, 0.3) is 0 Å². The topological polar surface area (TPSA) is 72.7 Å². The van der Waals surface area contributed by atoms with Crippen LogP contribution in [0.2, 0.25) is 0 Å². The zero-order chi connectivity index (χ0) is 14.7. The molecule has 2 aromatic heterocycles. The highest BCUT2D eigenvalue weighted by Crippen LogP contribution is 2.22. The molecule has 8 heteroatoms. The van der Waals surface area contributed by atoms with Crippen LogP contribution in [-0.2, 0) is 11.8 Å². The van der Waals surface area contributed by atoms with Gasteiger partial charge < -0.3 is 9.88 Å². The Kier molecular flexibility index (Phi) is 4.77. The second-order valence-corrected chi connectivity index (χ2v) is 6.83. The van der Waals surface area contributed by atoms with Crippen molar-refractivity contribution in [2.24, 2.45) is 7.05 Å². The van der Waals surface area contributed by atoms with Crippen LogP contribution in [0, 0.1) is 13.8 Å². The van der Waals surface area contributed by atoms with Gasteiger partial charge in [0, 0.05) is 11.9 Å². The summed E-state index contributed by atoms with van der Waals surface area (Å²) >= 11 is 3.02. The lowest BCUT2D eigenvalue weighted by Crippen LogP contribution is -2.28. The maximum atomic E-state index is 11.9. The van der Waals surface area contributed by atoms with E-state index in [1.807, 2.05) is 27.8 Å². The van der Waals surface area contributed by atoms with E-state index in [1.54, 1.807) is 22.2 Å². The van der Waals surface area contributed by atoms with Gasteiger partial charge in [-0.15, -0.1) is 21.5 Å². The molecule has 2 heterocycles. The number of hydrogen-bond acceptors (Lipinski definition) is 6. The van der Waals surface area contributed by atoms with E-state index in [-0.39, 0.29) is 11.9 Å². The van der Waals surface area contributed by atoms with E-state index < -0.39 is 0 Å². The van der Waals surface area contributed by atoms with Crippen LogP contribution in [0.4, 0.5) is 0 Å².